The molecule has 1 saturated heterocycles. The first kappa shape index (κ1) is 15.7. The Hall–Kier alpha value is -2.21. The van der Waals surface area contributed by atoms with Crippen molar-refractivity contribution in [3.8, 4) is 0 Å². The topological polar surface area (TPSA) is 85.3 Å². The number of pyridine rings is 1. The van der Waals surface area contributed by atoms with Crippen molar-refractivity contribution in [1.29, 1.82) is 0 Å². The second kappa shape index (κ2) is 6.12. The van der Waals surface area contributed by atoms with E-state index in [0.29, 0.717) is 5.92 Å². The summed E-state index contributed by atoms with van der Waals surface area (Å²) in [5, 5.41) is 11.9. The van der Waals surface area contributed by atoms with Crippen molar-refractivity contribution in [2.45, 2.75) is 32.7 Å². The van der Waals surface area contributed by atoms with E-state index in [2.05, 4.69) is 16.8 Å². The van der Waals surface area contributed by atoms with Gasteiger partial charge in [-0.15, -0.1) is 0 Å². The van der Waals surface area contributed by atoms with Crippen LogP contribution in [0.5, 0.6) is 0 Å². The SMILES string of the molecule is Cc1cc(N2CCC(C(C)N)CC2)c2cc([N+](=O)[O-])ccc2n1. The smallest absolute Gasteiger partial charge is 0.270 e. The Balaban J connectivity index is 1.99. The van der Waals surface area contributed by atoms with Crippen molar-refractivity contribution in [2.24, 2.45) is 11.7 Å². The quantitative estimate of drug-likeness (QED) is 0.695. The molecule has 23 heavy (non-hydrogen) atoms. The van der Waals surface area contributed by atoms with Crippen LogP contribution in [0.25, 0.3) is 10.9 Å². The molecule has 2 N–H and O–H groups in total. The van der Waals surface area contributed by atoms with Gasteiger partial charge in [0.15, 0.2) is 0 Å². The lowest BCUT2D eigenvalue weighted by molar-refractivity contribution is -0.384. The molecule has 2 aromatic rings. The van der Waals surface area contributed by atoms with Gasteiger partial charge in [-0.3, -0.25) is 15.1 Å². The summed E-state index contributed by atoms with van der Waals surface area (Å²) in [6.07, 6.45) is 2.10. The summed E-state index contributed by atoms with van der Waals surface area (Å²) >= 11 is 0. The Morgan fingerprint density at radius 3 is 2.65 bits per heavy atom. The van der Waals surface area contributed by atoms with Crippen molar-refractivity contribution in [3.05, 3.63) is 40.1 Å². The Bertz CT molecular complexity index is 737. The molecule has 2 heterocycles. The second-order valence-corrected chi connectivity index (χ2v) is 6.42. The van der Waals surface area contributed by atoms with E-state index in [0.717, 1.165) is 48.2 Å². The number of rotatable bonds is 3. The maximum absolute atomic E-state index is 11.1. The molecule has 1 aliphatic heterocycles. The average Bonchev–Trinajstić information content (AvgIpc) is 2.53. The van der Waals surface area contributed by atoms with E-state index in [-0.39, 0.29) is 16.7 Å². The molecule has 1 fully saturated rings. The molecular weight excluding hydrogens is 292 g/mol. The number of fused-ring (bicyclic) bond motifs is 1. The van der Waals surface area contributed by atoms with Crippen LogP contribution in [0.2, 0.25) is 0 Å². The Morgan fingerprint density at radius 2 is 2.04 bits per heavy atom. The summed E-state index contributed by atoms with van der Waals surface area (Å²) in [7, 11) is 0. The Morgan fingerprint density at radius 1 is 1.35 bits per heavy atom. The zero-order chi connectivity index (χ0) is 16.6. The lowest BCUT2D eigenvalue weighted by Gasteiger charge is -2.35. The lowest BCUT2D eigenvalue weighted by atomic mass is 9.90. The number of hydrogen-bond acceptors (Lipinski definition) is 5. The van der Waals surface area contributed by atoms with Crippen molar-refractivity contribution in [2.75, 3.05) is 18.0 Å². The number of nitrogens with zero attached hydrogens (tertiary/aromatic N) is 3. The summed E-state index contributed by atoms with van der Waals surface area (Å²) < 4.78 is 0. The number of piperidine rings is 1. The molecule has 3 rings (SSSR count). The van der Waals surface area contributed by atoms with E-state index in [1.165, 1.54) is 6.07 Å². The van der Waals surface area contributed by atoms with Crippen LogP contribution in [0, 0.1) is 23.0 Å². The van der Waals surface area contributed by atoms with E-state index in [9.17, 15) is 10.1 Å². The molecule has 0 radical (unpaired) electrons. The first-order chi connectivity index (χ1) is 11.0. The monoisotopic (exact) mass is 314 g/mol. The lowest BCUT2D eigenvalue weighted by Crippen LogP contribution is -2.39. The summed E-state index contributed by atoms with van der Waals surface area (Å²) in [4.78, 5) is 17.5. The molecule has 6 nitrogen and oxygen atoms in total. The van der Waals surface area contributed by atoms with Crippen LogP contribution in [0.1, 0.15) is 25.5 Å². The minimum absolute atomic E-state index is 0.106. The molecule has 6 heteroatoms. The number of aromatic nitrogens is 1. The van der Waals surface area contributed by atoms with Crippen molar-refractivity contribution < 1.29 is 4.92 Å². The number of nitro benzene ring substituents is 1. The average molecular weight is 314 g/mol. The minimum atomic E-state index is -0.356. The predicted molar refractivity (Wildman–Crippen MR) is 91.7 cm³/mol. The van der Waals surface area contributed by atoms with E-state index in [1.54, 1.807) is 12.1 Å². The molecule has 1 aromatic heterocycles. The number of non-ortho nitro benzene ring substituents is 1. The first-order valence-corrected chi connectivity index (χ1v) is 8.02. The van der Waals surface area contributed by atoms with Gasteiger partial charge in [0.05, 0.1) is 10.4 Å². The van der Waals surface area contributed by atoms with Crippen LogP contribution in [-0.2, 0) is 0 Å². The molecule has 1 aliphatic rings. The number of aryl methyl sites for hydroxylation is 1. The minimum Gasteiger partial charge on any atom is -0.371 e. The predicted octanol–water partition coefficient (Wildman–Crippen LogP) is 3.02. The number of benzene rings is 1. The zero-order valence-electron chi connectivity index (χ0n) is 13.5. The Kier molecular flexibility index (Phi) is 4.17. The molecule has 0 spiro atoms. The van der Waals surface area contributed by atoms with Crippen molar-refractivity contribution >= 4 is 22.3 Å². The summed E-state index contributed by atoms with van der Waals surface area (Å²) in [5.74, 6) is 0.551. The third kappa shape index (κ3) is 3.12. The molecule has 0 amide bonds. The van der Waals surface area contributed by atoms with Gasteiger partial charge in [0.2, 0.25) is 0 Å². The van der Waals surface area contributed by atoms with Gasteiger partial charge < -0.3 is 10.6 Å². The van der Waals surface area contributed by atoms with E-state index < -0.39 is 0 Å². The Labute approximate surface area is 135 Å². The molecular formula is C17H22N4O2. The number of hydrogen-bond donors (Lipinski definition) is 1. The molecule has 0 aliphatic carbocycles. The summed E-state index contributed by atoms with van der Waals surface area (Å²) in [6.45, 7) is 5.87. The highest BCUT2D eigenvalue weighted by molar-refractivity contribution is 5.93. The number of nitrogens with two attached hydrogens (primary N) is 1. The third-order valence-corrected chi connectivity index (χ3v) is 4.73. The largest absolute Gasteiger partial charge is 0.371 e. The van der Waals surface area contributed by atoms with Crippen LogP contribution in [0.4, 0.5) is 11.4 Å². The van der Waals surface area contributed by atoms with Gasteiger partial charge in [-0.2, -0.15) is 0 Å². The zero-order valence-corrected chi connectivity index (χ0v) is 13.5. The number of nitro groups is 1. The maximum Gasteiger partial charge on any atom is 0.270 e. The van der Waals surface area contributed by atoms with Gasteiger partial charge in [-0.05, 0) is 44.7 Å². The van der Waals surface area contributed by atoms with Crippen LogP contribution < -0.4 is 10.6 Å². The fraction of sp³-hybridized carbons (Fsp3) is 0.471. The normalized spacial score (nSPS) is 17.4. The van der Waals surface area contributed by atoms with Gasteiger partial charge in [0, 0.05) is 48.0 Å². The van der Waals surface area contributed by atoms with Gasteiger partial charge in [-0.1, -0.05) is 0 Å². The fourth-order valence-corrected chi connectivity index (χ4v) is 3.37. The standard InChI is InChI=1S/C17H22N4O2/c1-11-9-17(20-7-5-13(6-8-20)12(2)18)15-10-14(21(22)23)3-4-16(15)19-11/h3-4,9-10,12-13H,5-8,18H2,1-2H3. The third-order valence-electron chi connectivity index (χ3n) is 4.73. The van der Waals surface area contributed by atoms with Crippen LogP contribution in [-0.4, -0.2) is 29.0 Å². The van der Waals surface area contributed by atoms with Crippen molar-refractivity contribution in [3.63, 3.8) is 0 Å². The van der Waals surface area contributed by atoms with Gasteiger partial charge in [0.25, 0.3) is 5.69 Å². The van der Waals surface area contributed by atoms with E-state index in [4.69, 9.17) is 5.73 Å². The highest BCUT2D eigenvalue weighted by Crippen LogP contribution is 2.32. The molecule has 0 bridgehead atoms. The molecule has 1 atom stereocenters. The fourth-order valence-electron chi connectivity index (χ4n) is 3.37. The molecule has 122 valence electrons. The highest BCUT2D eigenvalue weighted by atomic mass is 16.6. The molecule has 1 aromatic carbocycles. The van der Waals surface area contributed by atoms with E-state index in [1.807, 2.05) is 13.0 Å². The molecule has 0 saturated carbocycles. The van der Waals surface area contributed by atoms with E-state index >= 15 is 0 Å². The first-order valence-electron chi connectivity index (χ1n) is 8.02. The van der Waals surface area contributed by atoms with Crippen LogP contribution in [0.3, 0.4) is 0 Å². The summed E-state index contributed by atoms with van der Waals surface area (Å²) in [5.41, 5.74) is 8.90. The maximum atomic E-state index is 11.1. The van der Waals surface area contributed by atoms with Crippen molar-refractivity contribution in [1.82, 2.24) is 4.98 Å². The van der Waals surface area contributed by atoms with Gasteiger partial charge in [0.1, 0.15) is 0 Å². The van der Waals surface area contributed by atoms with Crippen LogP contribution >= 0.6 is 0 Å². The van der Waals surface area contributed by atoms with Gasteiger partial charge >= 0.3 is 0 Å². The summed E-state index contributed by atoms with van der Waals surface area (Å²) in [6, 6.07) is 7.13. The van der Waals surface area contributed by atoms with Gasteiger partial charge in [-0.25, -0.2) is 0 Å². The highest BCUT2D eigenvalue weighted by Gasteiger charge is 2.23. The second-order valence-electron chi connectivity index (χ2n) is 6.42. The molecule has 1 unspecified atom stereocenters. The number of anilines is 1. The van der Waals surface area contributed by atoms with Crippen LogP contribution in [0.15, 0.2) is 24.3 Å².